The minimum absolute atomic E-state index is 0.210. The first-order valence-electron chi connectivity index (χ1n) is 4.99. The molecule has 1 aromatic rings. The van der Waals surface area contributed by atoms with E-state index >= 15 is 0 Å². The van der Waals surface area contributed by atoms with Gasteiger partial charge in [-0.05, 0) is 11.6 Å². The Balaban J connectivity index is 2.84. The van der Waals surface area contributed by atoms with Gasteiger partial charge in [0.05, 0.1) is 8.07 Å². The first-order valence-corrected chi connectivity index (χ1v) is 8.28. The normalized spacial score (nSPS) is 13.6. The van der Waals surface area contributed by atoms with Crippen molar-refractivity contribution < 1.29 is 0 Å². The highest BCUT2D eigenvalue weighted by Gasteiger charge is 2.28. The fourth-order valence-electron chi connectivity index (χ4n) is 1.61. The lowest BCUT2D eigenvalue weighted by Gasteiger charge is -2.28. The summed E-state index contributed by atoms with van der Waals surface area (Å²) in [6.07, 6.45) is 2.00. The molecule has 0 saturated heterocycles. The molecular weight excluding hydrogens is 186 g/mol. The van der Waals surface area contributed by atoms with Crippen LogP contribution < -0.4 is 5.73 Å². The molecule has 1 rings (SSSR count). The maximum atomic E-state index is 6.27. The van der Waals surface area contributed by atoms with Crippen LogP contribution in [-0.4, -0.2) is 8.07 Å². The van der Waals surface area contributed by atoms with Gasteiger partial charge >= 0.3 is 0 Å². The summed E-state index contributed by atoms with van der Waals surface area (Å²) in [5, 5.41) is 0. The van der Waals surface area contributed by atoms with Crippen molar-refractivity contribution in [1.82, 2.24) is 0 Å². The standard InChI is InChI=1S/C12H19NSi/c1-4-10-14(2,3)12(13)11-8-6-5-7-9-11/h4-9,12H,1,10,13H2,2-3H3. The zero-order valence-electron chi connectivity index (χ0n) is 9.03. The maximum Gasteiger partial charge on any atom is 0.0755 e. The van der Waals surface area contributed by atoms with E-state index in [4.69, 9.17) is 5.73 Å². The van der Waals surface area contributed by atoms with Crippen LogP contribution in [0.3, 0.4) is 0 Å². The molecular formula is C12H19NSi. The van der Waals surface area contributed by atoms with E-state index in [1.165, 1.54) is 5.56 Å². The van der Waals surface area contributed by atoms with Crippen molar-refractivity contribution in [3.05, 3.63) is 48.6 Å². The van der Waals surface area contributed by atoms with Gasteiger partial charge in [0.1, 0.15) is 0 Å². The first-order chi connectivity index (χ1) is 6.58. The van der Waals surface area contributed by atoms with Crippen molar-refractivity contribution >= 4 is 8.07 Å². The average Bonchev–Trinajstić information content (AvgIpc) is 2.18. The van der Waals surface area contributed by atoms with Crippen LogP contribution in [0.15, 0.2) is 43.0 Å². The van der Waals surface area contributed by atoms with E-state index in [1.807, 2.05) is 24.3 Å². The highest BCUT2D eigenvalue weighted by Crippen LogP contribution is 2.25. The average molecular weight is 205 g/mol. The van der Waals surface area contributed by atoms with Crippen LogP contribution in [0.25, 0.3) is 0 Å². The molecule has 1 aromatic carbocycles. The van der Waals surface area contributed by atoms with Gasteiger partial charge in [0.15, 0.2) is 0 Å². The zero-order valence-corrected chi connectivity index (χ0v) is 10.0. The third-order valence-corrected chi connectivity index (χ3v) is 6.03. The Morgan fingerprint density at radius 3 is 2.43 bits per heavy atom. The van der Waals surface area contributed by atoms with E-state index < -0.39 is 8.07 Å². The fourth-order valence-corrected chi connectivity index (χ4v) is 3.70. The second kappa shape index (κ2) is 4.58. The number of benzene rings is 1. The van der Waals surface area contributed by atoms with Crippen molar-refractivity contribution in [3.8, 4) is 0 Å². The van der Waals surface area contributed by atoms with Crippen molar-refractivity contribution in [1.29, 1.82) is 0 Å². The molecule has 0 fully saturated rings. The van der Waals surface area contributed by atoms with Gasteiger partial charge in [0.25, 0.3) is 0 Å². The third kappa shape index (κ3) is 2.56. The van der Waals surface area contributed by atoms with Crippen LogP contribution in [0.4, 0.5) is 0 Å². The quantitative estimate of drug-likeness (QED) is 0.593. The number of rotatable bonds is 4. The molecule has 0 aliphatic carbocycles. The van der Waals surface area contributed by atoms with Crippen LogP contribution in [-0.2, 0) is 0 Å². The van der Waals surface area contributed by atoms with Gasteiger partial charge in [0, 0.05) is 5.67 Å². The summed E-state index contributed by atoms with van der Waals surface area (Å²) in [6.45, 7) is 8.42. The topological polar surface area (TPSA) is 26.0 Å². The Labute approximate surface area is 87.7 Å². The van der Waals surface area contributed by atoms with Crippen molar-refractivity contribution in [2.45, 2.75) is 24.8 Å². The fraction of sp³-hybridized carbons (Fsp3) is 0.333. The summed E-state index contributed by atoms with van der Waals surface area (Å²) in [5.41, 5.74) is 7.74. The van der Waals surface area contributed by atoms with Gasteiger partial charge in [-0.2, -0.15) is 0 Å². The lowest BCUT2D eigenvalue weighted by Crippen LogP contribution is -2.39. The Morgan fingerprint density at radius 2 is 1.93 bits per heavy atom. The lowest BCUT2D eigenvalue weighted by molar-refractivity contribution is 0.951. The summed E-state index contributed by atoms with van der Waals surface area (Å²) < 4.78 is 0. The number of allylic oxidation sites excluding steroid dienone is 1. The zero-order chi connectivity index (χ0) is 10.6. The molecule has 0 aliphatic heterocycles. The molecule has 0 heterocycles. The molecule has 2 heteroatoms. The predicted molar refractivity (Wildman–Crippen MR) is 65.9 cm³/mol. The molecule has 76 valence electrons. The van der Waals surface area contributed by atoms with Crippen molar-refractivity contribution in [3.63, 3.8) is 0 Å². The highest BCUT2D eigenvalue weighted by molar-refractivity contribution is 6.79. The third-order valence-electron chi connectivity index (χ3n) is 2.67. The Morgan fingerprint density at radius 1 is 1.36 bits per heavy atom. The van der Waals surface area contributed by atoms with E-state index in [0.29, 0.717) is 0 Å². The molecule has 1 atom stereocenters. The van der Waals surface area contributed by atoms with Crippen LogP contribution in [0.2, 0.25) is 19.1 Å². The Hall–Kier alpha value is -0.863. The Bertz CT molecular complexity index is 292. The second-order valence-corrected chi connectivity index (χ2v) is 9.38. The number of nitrogens with two attached hydrogens (primary N) is 1. The van der Waals surface area contributed by atoms with E-state index in [0.717, 1.165) is 6.04 Å². The molecule has 0 radical (unpaired) electrons. The second-order valence-electron chi connectivity index (χ2n) is 4.37. The van der Waals surface area contributed by atoms with Gasteiger partial charge in [-0.3, -0.25) is 0 Å². The van der Waals surface area contributed by atoms with Crippen LogP contribution in [0.1, 0.15) is 11.2 Å². The van der Waals surface area contributed by atoms with E-state index in [1.54, 1.807) is 0 Å². The molecule has 0 bridgehead atoms. The number of hydrogen-bond acceptors (Lipinski definition) is 1. The molecule has 1 nitrogen and oxygen atoms in total. The van der Waals surface area contributed by atoms with E-state index in [9.17, 15) is 0 Å². The molecule has 2 N–H and O–H groups in total. The molecule has 1 unspecified atom stereocenters. The van der Waals surface area contributed by atoms with Gasteiger partial charge in [-0.25, -0.2) is 0 Å². The minimum Gasteiger partial charge on any atom is -0.326 e. The smallest absolute Gasteiger partial charge is 0.0755 e. The first kappa shape index (κ1) is 11.2. The summed E-state index contributed by atoms with van der Waals surface area (Å²) in [7, 11) is -1.39. The van der Waals surface area contributed by atoms with Crippen LogP contribution >= 0.6 is 0 Å². The Kier molecular flexibility index (Phi) is 3.67. The summed E-state index contributed by atoms with van der Waals surface area (Å²) >= 11 is 0. The largest absolute Gasteiger partial charge is 0.326 e. The number of hydrogen-bond donors (Lipinski definition) is 1. The monoisotopic (exact) mass is 205 g/mol. The van der Waals surface area contributed by atoms with Crippen LogP contribution in [0.5, 0.6) is 0 Å². The van der Waals surface area contributed by atoms with E-state index in [2.05, 4.69) is 31.8 Å². The highest BCUT2D eigenvalue weighted by atomic mass is 28.3. The van der Waals surface area contributed by atoms with Crippen molar-refractivity contribution in [2.75, 3.05) is 0 Å². The van der Waals surface area contributed by atoms with Gasteiger partial charge in [-0.15, -0.1) is 6.58 Å². The maximum absolute atomic E-state index is 6.27. The van der Waals surface area contributed by atoms with Gasteiger partial charge < -0.3 is 5.73 Å². The van der Waals surface area contributed by atoms with Crippen molar-refractivity contribution in [2.24, 2.45) is 5.73 Å². The van der Waals surface area contributed by atoms with Gasteiger partial charge in [-0.1, -0.05) is 49.5 Å². The van der Waals surface area contributed by atoms with Gasteiger partial charge in [0.2, 0.25) is 0 Å². The molecule has 14 heavy (non-hydrogen) atoms. The molecule has 0 aliphatic rings. The molecule has 0 spiro atoms. The minimum atomic E-state index is -1.39. The molecule has 0 saturated carbocycles. The van der Waals surface area contributed by atoms with Crippen LogP contribution in [0, 0.1) is 0 Å². The SMILES string of the molecule is C=CC[Si](C)(C)C(N)c1ccccc1. The lowest BCUT2D eigenvalue weighted by atomic mass is 10.2. The summed E-state index contributed by atoms with van der Waals surface area (Å²) in [4.78, 5) is 0. The predicted octanol–water partition coefficient (Wildman–Crippen LogP) is 3.12. The molecule has 0 amide bonds. The molecule has 0 aromatic heterocycles. The summed E-state index contributed by atoms with van der Waals surface area (Å²) in [6, 6.07) is 11.4. The van der Waals surface area contributed by atoms with E-state index in [-0.39, 0.29) is 5.67 Å². The summed E-state index contributed by atoms with van der Waals surface area (Å²) in [5.74, 6) is 0.